The van der Waals surface area contributed by atoms with Gasteiger partial charge in [-0.1, -0.05) is 39.0 Å². The summed E-state index contributed by atoms with van der Waals surface area (Å²) in [5, 5.41) is 3.04. The van der Waals surface area contributed by atoms with E-state index >= 15 is 0 Å². The van der Waals surface area contributed by atoms with Crippen LogP contribution < -0.4 is 5.32 Å². The summed E-state index contributed by atoms with van der Waals surface area (Å²) in [7, 11) is 1.70. The zero-order chi connectivity index (χ0) is 17.3. The Hall–Kier alpha value is -1.59. The molecular formula is C18H29N3O3. The Morgan fingerprint density at radius 2 is 1.79 bits per heavy atom. The van der Waals surface area contributed by atoms with Crippen molar-refractivity contribution in [3.8, 4) is 0 Å². The molecule has 3 aliphatic rings. The molecule has 0 unspecified atom stereocenters. The summed E-state index contributed by atoms with van der Waals surface area (Å²) in [6, 6.07) is -0.158. The molecule has 6 heteroatoms. The number of hydrogen-bond donors (Lipinski definition) is 1. The van der Waals surface area contributed by atoms with E-state index in [1.807, 2.05) is 0 Å². The molecule has 0 bridgehead atoms. The number of carbonyl (C=O) groups is 3. The van der Waals surface area contributed by atoms with Crippen molar-refractivity contribution < 1.29 is 14.4 Å². The predicted octanol–water partition coefficient (Wildman–Crippen LogP) is 2.28. The van der Waals surface area contributed by atoms with E-state index in [1.165, 1.54) is 6.42 Å². The topological polar surface area (TPSA) is 69.7 Å². The van der Waals surface area contributed by atoms with Crippen LogP contribution in [0.2, 0.25) is 0 Å². The van der Waals surface area contributed by atoms with E-state index in [9.17, 15) is 14.4 Å². The van der Waals surface area contributed by atoms with Crippen LogP contribution in [0.25, 0.3) is 0 Å². The first kappa shape index (κ1) is 17.2. The largest absolute Gasteiger partial charge is 0.352 e. The standard InChI is InChI=1S/C18H29N3O3/c1-13-8-4-5-9-14(13)19-15(22)12-21-16(23)18(20(2)17(21)24)10-6-3-7-11-18/h13-14H,3-12H2,1-2H3,(H,19,22)/t13-,14-/m1/s1. The Morgan fingerprint density at radius 3 is 2.46 bits per heavy atom. The van der Waals surface area contributed by atoms with E-state index in [-0.39, 0.29) is 30.4 Å². The summed E-state index contributed by atoms with van der Waals surface area (Å²) in [5.41, 5.74) is -0.701. The highest BCUT2D eigenvalue weighted by Crippen LogP contribution is 2.39. The molecule has 24 heavy (non-hydrogen) atoms. The van der Waals surface area contributed by atoms with Crippen molar-refractivity contribution in [2.24, 2.45) is 5.92 Å². The maximum Gasteiger partial charge on any atom is 0.327 e. The number of amides is 4. The van der Waals surface area contributed by atoms with Gasteiger partial charge in [-0.25, -0.2) is 4.79 Å². The van der Waals surface area contributed by atoms with Crippen LogP contribution in [0.3, 0.4) is 0 Å². The van der Waals surface area contributed by atoms with Crippen LogP contribution in [0.1, 0.15) is 64.7 Å². The number of nitrogens with one attached hydrogen (secondary N) is 1. The van der Waals surface area contributed by atoms with Gasteiger partial charge in [0.15, 0.2) is 0 Å². The second kappa shape index (κ2) is 6.73. The monoisotopic (exact) mass is 335 g/mol. The average Bonchev–Trinajstić information content (AvgIpc) is 2.74. The van der Waals surface area contributed by atoms with E-state index in [0.717, 1.165) is 43.4 Å². The molecule has 1 N–H and O–H groups in total. The van der Waals surface area contributed by atoms with Gasteiger partial charge in [-0.05, 0) is 31.6 Å². The van der Waals surface area contributed by atoms with Gasteiger partial charge in [0.1, 0.15) is 12.1 Å². The van der Waals surface area contributed by atoms with Gasteiger partial charge in [0.2, 0.25) is 5.91 Å². The molecular weight excluding hydrogens is 306 g/mol. The Morgan fingerprint density at radius 1 is 1.12 bits per heavy atom. The van der Waals surface area contributed by atoms with E-state index in [2.05, 4.69) is 12.2 Å². The van der Waals surface area contributed by atoms with Gasteiger partial charge in [-0.3, -0.25) is 14.5 Å². The molecule has 4 amide bonds. The number of urea groups is 1. The maximum absolute atomic E-state index is 12.9. The minimum absolute atomic E-state index is 0.146. The molecule has 3 fully saturated rings. The fraction of sp³-hybridized carbons (Fsp3) is 0.833. The van der Waals surface area contributed by atoms with Crippen LogP contribution in [-0.2, 0) is 9.59 Å². The quantitative estimate of drug-likeness (QED) is 0.805. The first-order valence-electron chi connectivity index (χ1n) is 9.35. The minimum atomic E-state index is -0.701. The van der Waals surface area contributed by atoms with Crippen LogP contribution in [0, 0.1) is 5.92 Å². The number of nitrogens with zero attached hydrogens (tertiary/aromatic N) is 2. The summed E-state index contributed by atoms with van der Waals surface area (Å²) < 4.78 is 0. The van der Waals surface area contributed by atoms with Gasteiger partial charge in [-0.15, -0.1) is 0 Å². The molecule has 0 aromatic carbocycles. The lowest BCUT2D eigenvalue weighted by molar-refractivity contribution is -0.137. The number of imide groups is 1. The van der Waals surface area contributed by atoms with Crippen molar-refractivity contribution in [2.75, 3.05) is 13.6 Å². The van der Waals surface area contributed by atoms with Crippen molar-refractivity contribution in [1.82, 2.24) is 15.1 Å². The van der Waals surface area contributed by atoms with E-state index in [1.54, 1.807) is 11.9 Å². The highest BCUT2D eigenvalue weighted by atomic mass is 16.2. The van der Waals surface area contributed by atoms with Crippen molar-refractivity contribution in [3.63, 3.8) is 0 Å². The van der Waals surface area contributed by atoms with Crippen LogP contribution in [0.5, 0.6) is 0 Å². The molecule has 2 saturated carbocycles. The molecule has 1 saturated heterocycles. The predicted molar refractivity (Wildman–Crippen MR) is 90.3 cm³/mol. The minimum Gasteiger partial charge on any atom is -0.352 e. The normalized spacial score (nSPS) is 30.1. The molecule has 134 valence electrons. The van der Waals surface area contributed by atoms with Crippen molar-refractivity contribution in [1.29, 1.82) is 0 Å². The van der Waals surface area contributed by atoms with Gasteiger partial charge < -0.3 is 10.2 Å². The Labute approximate surface area is 143 Å². The molecule has 2 atom stereocenters. The van der Waals surface area contributed by atoms with Gasteiger partial charge in [-0.2, -0.15) is 0 Å². The van der Waals surface area contributed by atoms with Crippen LogP contribution in [0.4, 0.5) is 4.79 Å². The van der Waals surface area contributed by atoms with E-state index in [0.29, 0.717) is 18.8 Å². The van der Waals surface area contributed by atoms with Gasteiger partial charge in [0, 0.05) is 13.1 Å². The number of likely N-dealkylation sites (N-methyl/N-ethyl adjacent to an activating group) is 1. The molecule has 1 aliphatic heterocycles. The molecule has 1 spiro atoms. The van der Waals surface area contributed by atoms with Gasteiger partial charge in [0.05, 0.1) is 0 Å². The molecule has 2 aliphatic carbocycles. The van der Waals surface area contributed by atoms with E-state index < -0.39 is 5.54 Å². The lowest BCUT2D eigenvalue weighted by atomic mass is 9.81. The molecule has 3 rings (SSSR count). The highest BCUT2D eigenvalue weighted by molar-refractivity contribution is 6.08. The molecule has 0 radical (unpaired) electrons. The SMILES string of the molecule is C[C@@H]1CCCC[C@H]1NC(=O)CN1C(=O)N(C)C2(CCCCC2)C1=O. The lowest BCUT2D eigenvalue weighted by Gasteiger charge is -2.35. The second-order valence-electron chi connectivity index (χ2n) is 7.76. The number of carbonyl (C=O) groups excluding carboxylic acids is 3. The first-order valence-corrected chi connectivity index (χ1v) is 9.35. The Kier molecular flexibility index (Phi) is 4.83. The zero-order valence-electron chi connectivity index (χ0n) is 14.8. The maximum atomic E-state index is 12.9. The summed E-state index contributed by atoms with van der Waals surface area (Å²) in [5.74, 6) is 0.0679. The Balaban J connectivity index is 1.65. The van der Waals surface area contributed by atoms with Gasteiger partial charge >= 0.3 is 6.03 Å². The first-order chi connectivity index (χ1) is 11.5. The summed E-state index contributed by atoms with van der Waals surface area (Å²) in [6.45, 7) is 2.01. The third-order valence-corrected chi connectivity index (χ3v) is 6.24. The molecule has 0 aromatic rings. The Bertz CT molecular complexity index is 528. The summed E-state index contributed by atoms with van der Waals surface area (Å²) in [4.78, 5) is 40.6. The van der Waals surface area contributed by atoms with Crippen LogP contribution in [-0.4, -0.2) is 52.8 Å². The fourth-order valence-electron chi connectivity index (χ4n) is 4.60. The zero-order valence-corrected chi connectivity index (χ0v) is 14.8. The second-order valence-corrected chi connectivity index (χ2v) is 7.76. The number of hydrogen-bond acceptors (Lipinski definition) is 3. The average molecular weight is 335 g/mol. The number of rotatable bonds is 3. The third-order valence-electron chi connectivity index (χ3n) is 6.24. The summed E-state index contributed by atoms with van der Waals surface area (Å²) in [6.07, 6.45) is 8.91. The van der Waals surface area contributed by atoms with Crippen molar-refractivity contribution in [2.45, 2.75) is 76.3 Å². The fourth-order valence-corrected chi connectivity index (χ4v) is 4.60. The molecule has 6 nitrogen and oxygen atoms in total. The summed E-state index contributed by atoms with van der Waals surface area (Å²) >= 11 is 0. The molecule has 1 heterocycles. The van der Waals surface area contributed by atoms with E-state index in [4.69, 9.17) is 0 Å². The van der Waals surface area contributed by atoms with Crippen LogP contribution in [0.15, 0.2) is 0 Å². The van der Waals surface area contributed by atoms with Crippen LogP contribution >= 0.6 is 0 Å². The lowest BCUT2D eigenvalue weighted by Crippen LogP contribution is -2.50. The van der Waals surface area contributed by atoms with Gasteiger partial charge in [0.25, 0.3) is 5.91 Å². The smallest absolute Gasteiger partial charge is 0.327 e. The van der Waals surface area contributed by atoms with Crippen molar-refractivity contribution in [3.05, 3.63) is 0 Å². The highest BCUT2D eigenvalue weighted by Gasteiger charge is 2.55. The molecule has 0 aromatic heterocycles. The van der Waals surface area contributed by atoms with Crippen molar-refractivity contribution >= 4 is 17.8 Å². The third kappa shape index (κ3) is 2.91.